The maximum absolute atomic E-state index is 13.4. The van der Waals surface area contributed by atoms with Gasteiger partial charge in [-0.05, 0) is 237 Å². The lowest BCUT2D eigenvalue weighted by atomic mass is 9.94. The van der Waals surface area contributed by atoms with Gasteiger partial charge in [-0.15, -0.1) is 26.3 Å². The molecule has 3 aliphatic carbocycles. The topological polar surface area (TPSA) is 285 Å². The van der Waals surface area contributed by atoms with Crippen LogP contribution in [0.4, 0.5) is 43.8 Å². The van der Waals surface area contributed by atoms with Gasteiger partial charge in [0, 0.05) is 16.7 Å². The first-order valence-electron chi connectivity index (χ1n) is 33.9. The Morgan fingerprint density at radius 2 is 0.743 bits per heavy atom. The minimum Gasteiger partial charge on any atom is -0.478 e. The summed E-state index contributed by atoms with van der Waals surface area (Å²) in [5.74, 6) is -1.75. The van der Waals surface area contributed by atoms with E-state index in [-0.39, 0.29) is 65.3 Å². The molecule has 3 fully saturated rings. The van der Waals surface area contributed by atoms with Crippen LogP contribution >= 0.6 is 11.6 Å². The minimum absolute atomic E-state index is 0. The second kappa shape index (κ2) is 29.4. The van der Waals surface area contributed by atoms with Gasteiger partial charge in [0.05, 0.1) is 50.0 Å². The highest BCUT2D eigenvalue weighted by Gasteiger charge is 2.55. The molecule has 0 unspecified atom stereocenters. The van der Waals surface area contributed by atoms with Crippen molar-refractivity contribution in [2.45, 2.75) is 155 Å². The quantitative estimate of drug-likeness (QED) is 0.0447. The van der Waals surface area contributed by atoms with Crippen LogP contribution in [0, 0.1) is 20.8 Å². The first-order valence-corrected chi connectivity index (χ1v) is 34.3. The van der Waals surface area contributed by atoms with Gasteiger partial charge in [-0.1, -0.05) is 80.2 Å². The van der Waals surface area contributed by atoms with Crippen molar-refractivity contribution in [1.82, 2.24) is 15.0 Å². The molecule has 0 radical (unpaired) electrons. The van der Waals surface area contributed by atoms with Crippen molar-refractivity contribution in [2.24, 2.45) is 0 Å². The molecule has 6 aromatic carbocycles. The molecular formula is C81H75ClF6N6O15. The molecule has 6 aliphatic rings. The van der Waals surface area contributed by atoms with E-state index in [0.29, 0.717) is 106 Å². The lowest BCUT2D eigenvalue weighted by molar-refractivity contribution is -0.287. The van der Waals surface area contributed by atoms with Crippen molar-refractivity contribution in [3.8, 4) is 68.3 Å². The Morgan fingerprint density at radius 3 is 1.07 bits per heavy atom. The van der Waals surface area contributed by atoms with Crippen molar-refractivity contribution < 1.29 is 98.1 Å². The van der Waals surface area contributed by atoms with E-state index in [4.69, 9.17) is 26.8 Å². The first kappa shape index (κ1) is 78.3. The molecule has 15 rings (SSSR count). The average Bonchev–Trinajstić information content (AvgIpc) is 1.60. The number of alkyl halides is 6. The van der Waals surface area contributed by atoms with Crippen molar-refractivity contribution in [2.75, 3.05) is 16.4 Å². The molecule has 0 atom stereocenters. The summed E-state index contributed by atoms with van der Waals surface area (Å²) in [4.78, 5) is 87.2. The van der Waals surface area contributed by atoms with Crippen LogP contribution in [0.5, 0.6) is 34.5 Å². The van der Waals surface area contributed by atoms with Crippen molar-refractivity contribution in [1.29, 1.82) is 0 Å². The predicted octanol–water partition coefficient (Wildman–Crippen LogP) is 17.8. The monoisotopic (exact) mass is 1520 g/mol. The summed E-state index contributed by atoms with van der Waals surface area (Å²) < 4.78 is 117. The van der Waals surface area contributed by atoms with Crippen LogP contribution in [0.15, 0.2) is 164 Å². The van der Waals surface area contributed by atoms with Crippen LogP contribution in [-0.4, -0.2) is 85.1 Å². The maximum atomic E-state index is 13.4. The number of aryl methyl sites for hydroxylation is 3. The molecule has 2 amide bonds. The van der Waals surface area contributed by atoms with E-state index in [0.717, 1.165) is 27.9 Å². The number of hydrogen-bond acceptors (Lipinski definition) is 18. The number of hydrogen-bond donors (Lipinski definition) is 4. The summed E-state index contributed by atoms with van der Waals surface area (Å²) >= 11 is 5.51. The zero-order valence-corrected chi connectivity index (χ0v) is 60.3. The molecular weight excluding hydrogens is 1450 g/mol. The third-order valence-electron chi connectivity index (χ3n) is 18.1. The number of amides is 2. The normalized spacial score (nSPS) is 16.4. The number of benzene rings is 6. The van der Waals surface area contributed by atoms with E-state index in [1.54, 1.807) is 106 Å². The second-order valence-corrected chi connectivity index (χ2v) is 28.9. The number of aromatic carboxylic acids is 1. The molecule has 5 N–H and O–H groups in total. The van der Waals surface area contributed by atoms with E-state index in [1.165, 1.54) is 48.5 Å². The van der Waals surface area contributed by atoms with Crippen molar-refractivity contribution >= 4 is 64.0 Å². The highest BCUT2D eigenvalue weighted by Crippen LogP contribution is 2.56. The summed E-state index contributed by atoms with van der Waals surface area (Å²) in [6.45, 7) is 16.6. The van der Waals surface area contributed by atoms with Gasteiger partial charge in [0.15, 0.2) is 34.5 Å². The molecule has 568 valence electrons. The Kier molecular flexibility index (Phi) is 21.2. The molecule has 3 aliphatic heterocycles. The number of nitrogens with zero attached hydrogens (tertiary/aromatic N) is 3. The molecule has 3 aromatic heterocycles. The number of nitrogens with one attached hydrogen (secondary N) is 2. The number of anilines is 3. The molecule has 0 bridgehead atoms. The number of rotatable bonds is 14. The third kappa shape index (κ3) is 17.8. The maximum Gasteiger partial charge on any atom is 0.586 e. The Bertz CT molecular complexity index is 5110. The van der Waals surface area contributed by atoms with E-state index in [9.17, 15) is 60.2 Å². The minimum atomic E-state index is -3.72. The Balaban J connectivity index is 0.000000150. The zero-order valence-electron chi connectivity index (χ0n) is 59.6. The number of ether oxygens (including phenoxy) is 8. The molecule has 9 aromatic rings. The molecule has 6 heterocycles. The SMILES string of the molecule is C.Cc1ccc(N)nc1-c1cccc(C(=O)OC(C)(C)C)c1.Cc1ccc(NC(=O)C2(c3ccc4c(c3)OC(F)(F)O4)CC2)nc1-c1cccc(C(=O)O)c1.Cc1ccc(NC(=O)C2(c3ccc4c(c3)OC(F)(F)O4)CC2)nc1-c1cccc(C(=O)OC(C)(C)C)c1.O=C(Cl)C1(c2ccc3c(c2)OC(F)(F)O3)CC1. The second-order valence-electron chi connectivity index (χ2n) is 28.6. The van der Waals surface area contributed by atoms with Crippen LogP contribution in [-0.2, 0) is 40.1 Å². The number of nitrogens with two attached hydrogens (primary N) is 1. The number of carbonyl (C=O) groups excluding carboxylic acids is 5. The summed E-state index contributed by atoms with van der Waals surface area (Å²) in [5.41, 5.74) is 11.7. The van der Waals surface area contributed by atoms with E-state index < -0.39 is 63.5 Å². The number of carboxylic acid groups (broad SMARTS) is 1. The smallest absolute Gasteiger partial charge is 0.478 e. The van der Waals surface area contributed by atoms with Crippen LogP contribution < -0.4 is 44.8 Å². The molecule has 0 spiro atoms. The number of halogens is 7. The summed E-state index contributed by atoms with van der Waals surface area (Å²) in [6.07, 6.45) is -7.60. The van der Waals surface area contributed by atoms with Gasteiger partial charge in [-0.3, -0.25) is 14.4 Å². The van der Waals surface area contributed by atoms with Gasteiger partial charge in [0.25, 0.3) is 0 Å². The number of fused-ring (bicyclic) bond motifs is 3. The highest BCUT2D eigenvalue weighted by molar-refractivity contribution is 6.66. The highest BCUT2D eigenvalue weighted by atomic mass is 35.5. The van der Waals surface area contributed by atoms with E-state index >= 15 is 0 Å². The summed E-state index contributed by atoms with van der Waals surface area (Å²) in [5, 5.41) is 14.5. The van der Waals surface area contributed by atoms with Crippen LogP contribution in [0.3, 0.4) is 0 Å². The number of nitrogen functional groups attached to an aromatic ring is 1. The predicted molar refractivity (Wildman–Crippen MR) is 390 cm³/mol. The fraction of sp³-hybridized carbons (Fsp3) is 0.296. The number of carboxylic acids is 1. The van der Waals surface area contributed by atoms with E-state index in [1.807, 2.05) is 71.9 Å². The van der Waals surface area contributed by atoms with Gasteiger partial charge in [-0.2, -0.15) is 0 Å². The Hall–Kier alpha value is -11.7. The van der Waals surface area contributed by atoms with Gasteiger partial charge < -0.3 is 59.4 Å². The van der Waals surface area contributed by atoms with Crippen LogP contribution in [0.1, 0.15) is 152 Å². The lowest BCUT2D eigenvalue weighted by Crippen LogP contribution is -2.28. The lowest BCUT2D eigenvalue weighted by Gasteiger charge is -2.19. The molecule has 28 heteroatoms. The zero-order chi connectivity index (χ0) is 77.8. The number of carbonyl (C=O) groups is 6. The van der Waals surface area contributed by atoms with E-state index in [2.05, 4.69) is 54.0 Å². The number of pyridine rings is 3. The third-order valence-corrected chi connectivity index (χ3v) is 18.4. The van der Waals surface area contributed by atoms with Gasteiger partial charge >= 0.3 is 36.8 Å². The van der Waals surface area contributed by atoms with Crippen LogP contribution in [0.25, 0.3) is 33.8 Å². The first-order chi connectivity index (χ1) is 50.7. The number of aromatic nitrogens is 3. The summed E-state index contributed by atoms with van der Waals surface area (Å²) in [6, 6.07) is 44.4. The van der Waals surface area contributed by atoms with Gasteiger partial charge in [0.1, 0.15) is 28.7 Å². The fourth-order valence-corrected chi connectivity index (χ4v) is 12.5. The molecule has 0 saturated heterocycles. The van der Waals surface area contributed by atoms with Gasteiger partial charge in [-0.25, -0.2) is 29.3 Å². The fourth-order valence-electron chi connectivity index (χ4n) is 12.2. The molecule has 109 heavy (non-hydrogen) atoms. The molecule has 3 saturated carbocycles. The summed E-state index contributed by atoms with van der Waals surface area (Å²) in [7, 11) is 0. The number of esters is 2. The Morgan fingerprint density at radius 1 is 0.431 bits per heavy atom. The largest absolute Gasteiger partial charge is 0.586 e. The molecule has 21 nitrogen and oxygen atoms in total. The van der Waals surface area contributed by atoms with Crippen molar-refractivity contribution in [3.05, 3.63) is 214 Å². The standard InChI is InChI=1S/C28H26F2N2O5.C24H18F2N2O5.C17H20N2O2.C11H7ClF2O3.CH4/c1-16-8-11-22(31-23(16)17-6-5-7-18(14-17)24(33)37-26(2,3)4)32-25(34)27(12-13-27)19-9-10-20-21(15-19)36-28(29,30)35-20;1-13-5-8-19(27-20(13)14-3-2-4-15(11-14)21(29)30)28-22(31)23(9-10-23)16-6-7-17-18(12-16)33-24(25,26)32-17;1-11-8-9-14(18)19-15(11)12-6-5-7-13(10-12)16(20)21-17(2,3)4;12-9(15)10(3-4-10)6-1-2-7-8(5-6)17-11(13,14)16-7;/h5-11,14-15H,12-13H2,1-4H3,(H,31,32,34);2-8,11-12H,9-10H2,1H3,(H,29,30)(H,27,28,31);5-10H,1-4H3,(H2,18,19);1-2,5H,3-4H2;1H4. The van der Waals surface area contributed by atoms with Crippen LogP contribution in [0.2, 0.25) is 0 Å². The average molecular weight is 1520 g/mol. The van der Waals surface area contributed by atoms with Gasteiger partial charge in [0.2, 0.25) is 17.1 Å². The van der Waals surface area contributed by atoms with Crippen molar-refractivity contribution in [3.63, 3.8) is 0 Å². The Labute approximate surface area is 627 Å².